The summed E-state index contributed by atoms with van der Waals surface area (Å²) < 4.78 is 5.50. The third-order valence-electron chi connectivity index (χ3n) is 4.89. The van der Waals surface area contributed by atoms with E-state index in [-0.39, 0.29) is 0 Å². The van der Waals surface area contributed by atoms with Gasteiger partial charge in [0.15, 0.2) is 5.82 Å². The van der Waals surface area contributed by atoms with Gasteiger partial charge in [-0.15, -0.1) is 0 Å². The number of hydrogen-bond acceptors (Lipinski definition) is 3. The second-order valence-corrected chi connectivity index (χ2v) is 6.73. The van der Waals surface area contributed by atoms with Crippen LogP contribution in [0.3, 0.4) is 0 Å². The van der Waals surface area contributed by atoms with Crippen LogP contribution in [0.4, 0.5) is 0 Å². The SMILES string of the molecule is CCCCCC1CCc2nc(-c3ccc(OCC)cc3)ncc2C1. The molecular weight excluding hydrogens is 296 g/mol. The fraction of sp³-hybridized carbons (Fsp3) is 0.524. The summed E-state index contributed by atoms with van der Waals surface area (Å²) in [6.45, 7) is 4.95. The highest BCUT2D eigenvalue weighted by molar-refractivity contribution is 5.56. The van der Waals surface area contributed by atoms with E-state index in [9.17, 15) is 0 Å². The number of hydrogen-bond donors (Lipinski definition) is 0. The average Bonchev–Trinajstić information content (AvgIpc) is 2.62. The van der Waals surface area contributed by atoms with E-state index < -0.39 is 0 Å². The molecule has 1 heterocycles. The Hall–Kier alpha value is -1.90. The van der Waals surface area contributed by atoms with Crippen molar-refractivity contribution in [3.63, 3.8) is 0 Å². The first-order valence-electron chi connectivity index (χ1n) is 9.38. The van der Waals surface area contributed by atoms with Crippen LogP contribution in [0.1, 0.15) is 57.2 Å². The van der Waals surface area contributed by atoms with E-state index >= 15 is 0 Å². The van der Waals surface area contributed by atoms with E-state index in [1.807, 2.05) is 31.2 Å². The number of aromatic nitrogens is 2. The topological polar surface area (TPSA) is 35.0 Å². The molecule has 1 aromatic heterocycles. The highest BCUT2D eigenvalue weighted by atomic mass is 16.5. The Labute approximate surface area is 145 Å². The van der Waals surface area contributed by atoms with Gasteiger partial charge in [-0.05, 0) is 61.9 Å². The highest BCUT2D eigenvalue weighted by Gasteiger charge is 2.20. The van der Waals surface area contributed by atoms with E-state index in [1.165, 1.54) is 43.4 Å². The Morgan fingerprint density at radius 2 is 1.96 bits per heavy atom. The first-order valence-corrected chi connectivity index (χ1v) is 9.38. The predicted molar refractivity (Wildman–Crippen MR) is 98.3 cm³/mol. The molecule has 1 aliphatic rings. The van der Waals surface area contributed by atoms with Gasteiger partial charge in [0.2, 0.25) is 0 Å². The lowest BCUT2D eigenvalue weighted by Gasteiger charge is -2.23. The number of benzene rings is 1. The summed E-state index contributed by atoms with van der Waals surface area (Å²) in [6, 6.07) is 8.07. The first-order chi connectivity index (χ1) is 11.8. The van der Waals surface area contributed by atoms with Crippen LogP contribution in [0.2, 0.25) is 0 Å². The maximum absolute atomic E-state index is 5.50. The summed E-state index contributed by atoms with van der Waals surface area (Å²) in [5.41, 5.74) is 3.67. The lowest BCUT2D eigenvalue weighted by molar-refractivity contribution is 0.340. The molecule has 3 rings (SSSR count). The van der Waals surface area contributed by atoms with Crippen molar-refractivity contribution >= 4 is 0 Å². The molecular formula is C21H28N2O. The van der Waals surface area contributed by atoms with Crippen LogP contribution < -0.4 is 4.74 Å². The minimum absolute atomic E-state index is 0.689. The third kappa shape index (κ3) is 4.14. The molecule has 0 amide bonds. The molecule has 24 heavy (non-hydrogen) atoms. The summed E-state index contributed by atoms with van der Waals surface area (Å²) in [5, 5.41) is 0. The van der Waals surface area contributed by atoms with Gasteiger partial charge in [-0.2, -0.15) is 0 Å². The Morgan fingerprint density at radius 1 is 1.12 bits per heavy atom. The average molecular weight is 324 g/mol. The van der Waals surface area contributed by atoms with Crippen molar-refractivity contribution in [2.75, 3.05) is 6.61 Å². The zero-order chi connectivity index (χ0) is 16.8. The maximum Gasteiger partial charge on any atom is 0.159 e. The third-order valence-corrected chi connectivity index (χ3v) is 4.89. The summed E-state index contributed by atoms with van der Waals surface area (Å²) >= 11 is 0. The molecule has 0 spiro atoms. The molecule has 0 saturated heterocycles. The van der Waals surface area contributed by atoms with Gasteiger partial charge in [-0.1, -0.05) is 32.6 Å². The zero-order valence-electron chi connectivity index (χ0n) is 14.9. The van der Waals surface area contributed by atoms with Gasteiger partial charge in [-0.3, -0.25) is 0 Å². The monoisotopic (exact) mass is 324 g/mol. The largest absolute Gasteiger partial charge is 0.494 e. The van der Waals surface area contributed by atoms with Crippen molar-refractivity contribution in [2.45, 2.75) is 58.8 Å². The normalized spacial score (nSPS) is 16.7. The smallest absolute Gasteiger partial charge is 0.159 e. The summed E-state index contributed by atoms with van der Waals surface area (Å²) in [6.07, 6.45) is 11.0. The highest BCUT2D eigenvalue weighted by Crippen LogP contribution is 2.29. The fourth-order valence-electron chi connectivity index (χ4n) is 3.52. The summed E-state index contributed by atoms with van der Waals surface area (Å²) in [5.74, 6) is 2.55. The molecule has 0 fully saturated rings. The standard InChI is InChI=1S/C21H28N2O/c1-3-5-6-7-16-8-13-20-18(14-16)15-22-21(23-20)17-9-11-19(12-10-17)24-4-2/h9-12,15-16H,3-8,13-14H2,1-2H3. The summed E-state index contributed by atoms with van der Waals surface area (Å²) in [7, 11) is 0. The van der Waals surface area contributed by atoms with Gasteiger partial charge >= 0.3 is 0 Å². The van der Waals surface area contributed by atoms with Crippen molar-refractivity contribution in [3.8, 4) is 17.1 Å². The summed E-state index contributed by atoms with van der Waals surface area (Å²) in [4.78, 5) is 9.46. The molecule has 3 heteroatoms. The van der Waals surface area contributed by atoms with Gasteiger partial charge in [0.25, 0.3) is 0 Å². The Kier molecular flexibility index (Phi) is 5.84. The van der Waals surface area contributed by atoms with Crippen LogP contribution >= 0.6 is 0 Å². The first kappa shape index (κ1) is 16.9. The lowest BCUT2D eigenvalue weighted by Crippen LogP contribution is -2.16. The number of ether oxygens (including phenoxy) is 1. The molecule has 0 radical (unpaired) electrons. The van der Waals surface area contributed by atoms with Crippen LogP contribution in [-0.2, 0) is 12.8 Å². The molecule has 0 N–H and O–H groups in total. The Balaban J connectivity index is 1.68. The number of rotatable bonds is 7. The van der Waals surface area contributed by atoms with Gasteiger partial charge < -0.3 is 4.74 Å². The van der Waals surface area contributed by atoms with E-state index in [4.69, 9.17) is 9.72 Å². The molecule has 1 aliphatic carbocycles. The maximum atomic E-state index is 5.50. The molecule has 0 aliphatic heterocycles. The van der Waals surface area contributed by atoms with E-state index in [0.29, 0.717) is 6.61 Å². The number of fused-ring (bicyclic) bond motifs is 1. The molecule has 1 unspecified atom stereocenters. The molecule has 0 bridgehead atoms. The van der Waals surface area contributed by atoms with E-state index in [0.717, 1.165) is 35.9 Å². The molecule has 128 valence electrons. The van der Waals surface area contributed by atoms with Crippen molar-refractivity contribution in [2.24, 2.45) is 5.92 Å². The van der Waals surface area contributed by atoms with Crippen LogP contribution in [0, 0.1) is 5.92 Å². The lowest BCUT2D eigenvalue weighted by atomic mass is 9.84. The Bertz CT molecular complexity index is 651. The van der Waals surface area contributed by atoms with Gasteiger partial charge in [0.05, 0.1) is 6.61 Å². The zero-order valence-corrected chi connectivity index (χ0v) is 14.9. The van der Waals surface area contributed by atoms with Crippen LogP contribution in [0.15, 0.2) is 30.5 Å². The molecule has 0 saturated carbocycles. The Morgan fingerprint density at radius 3 is 2.71 bits per heavy atom. The fourth-order valence-corrected chi connectivity index (χ4v) is 3.52. The second-order valence-electron chi connectivity index (χ2n) is 6.73. The quantitative estimate of drug-likeness (QED) is 0.654. The molecule has 2 aromatic rings. The van der Waals surface area contributed by atoms with Crippen LogP contribution in [-0.4, -0.2) is 16.6 Å². The van der Waals surface area contributed by atoms with Crippen molar-refractivity contribution in [3.05, 3.63) is 41.7 Å². The van der Waals surface area contributed by atoms with E-state index in [2.05, 4.69) is 18.1 Å². The number of unbranched alkanes of at least 4 members (excludes halogenated alkanes) is 2. The van der Waals surface area contributed by atoms with Crippen molar-refractivity contribution < 1.29 is 4.74 Å². The minimum atomic E-state index is 0.689. The van der Waals surface area contributed by atoms with Crippen molar-refractivity contribution in [1.82, 2.24) is 9.97 Å². The minimum Gasteiger partial charge on any atom is -0.494 e. The predicted octanol–water partition coefficient (Wildman–Crippen LogP) is 5.23. The number of aryl methyl sites for hydroxylation is 1. The van der Waals surface area contributed by atoms with Crippen molar-refractivity contribution in [1.29, 1.82) is 0 Å². The van der Waals surface area contributed by atoms with Crippen LogP contribution in [0.25, 0.3) is 11.4 Å². The van der Waals surface area contributed by atoms with Gasteiger partial charge in [-0.25, -0.2) is 9.97 Å². The molecule has 3 nitrogen and oxygen atoms in total. The molecule has 1 aromatic carbocycles. The second kappa shape index (κ2) is 8.27. The van der Waals surface area contributed by atoms with Gasteiger partial charge in [0.1, 0.15) is 5.75 Å². The molecule has 1 atom stereocenters. The van der Waals surface area contributed by atoms with E-state index in [1.54, 1.807) is 0 Å². The van der Waals surface area contributed by atoms with Gasteiger partial charge in [0, 0.05) is 17.5 Å². The van der Waals surface area contributed by atoms with Crippen LogP contribution in [0.5, 0.6) is 5.75 Å². The number of nitrogens with zero attached hydrogens (tertiary/aromatic N) is 2.